The summed E-state index contributed by atoms with van der Waals surface area (Å²) in [5.41, 5.74) is -0.885. The lowest BCUT2D eigenvalue weighted by Crippen LogP contribution is -2.53. The smallest absolute Gasteiger partial charge is 0.461 e. The molecule has 0 aromatic heterocycles. The molecule has 0 heterocycles. The Balaban J connectivity index is 2.17. The van der Waals surface area contributed by atoms with Gasteiger partial charge in [-0.15, -0.1) is 0 Å². The van der Waals surface area contributed by atoms with Crippen molar-refractivity contribution in [3.63, 3.8) is 0 Å². The third kappa shape index (κ3) is 10.6. The van der Waals surface area contributed by atoms with Crippen LogP contribution in [0, 0.1) is 5.82 Å². The lowest BCUT2D eigenvalue weighted by molar-refractivity contribution is -0.253. The number of aliphatic carboxylic acids is 1. The first-order valence-corrected chi connectivity index (χ1v) is 13.7. The molecule has 0 saturated carbocycles. The molecule has 0 bridgehead atoms. The molecule has 0 aliphatic heterocycles. The molecule has 45 heavy (non-hydrogen) atoms. The average Bonchev–Trinajstić information content (AvgIpc) is 2.95. The number of alkyl halides is 7. The third-order valence-corrected chi connectivity index (χ3v) is 6.74. The number of amides is 2. The predicted molar refractivity (Wildman–Crippen MR) is 148 cm³/mol. The topological polar surface area (TPSA) is 87.7 Å². The standard InChI is InChI=1S/C31H30F8N2O4/c32-24-15-23(16-25(17-24)45-31(38,39)27(33)34)29(18-21-9-4-1-5-10-21,41-28(44)40-19-30(35,36)37)22-12-7-11-20(14-22)8-3-2-6-13-26(42)43/h1,4-5,7,9-12,14-17,27H,2-3,6,8,13,18-19H2,(H,42,43)(H2,40,41,44)/t29-/m1/s1. The molecule has 0 aliphatic carbocycles. The fourth-order valence-corrected chi connectivity index (χ4v) is 4.72. The summed E-state index contributed by atoms with van der Waals surface area (Å²) in [6.07, 6.45) is -12.4. The molecule has 6 nitrogen and oxygen atoms in total. The minimum absolute atomic E-state index is 0.0221. The van der Waals surface area contributed by atoms with Crippen molar-refractivity contribution in [1.82, 2.24) is 10.6 Å². The zero-order valence-electron chi connectivity index (χ0n) is 23.7. The summed E-state index contributed by atoms with van der Waals surface area (Å²) in [5.74, 6) is -3.17. The molecule has 3 aromatic carbocycles. The van der Waals surface area contributed by atoms with Crippen molar-refractivity contribution in [2.24, 2.45) is 0 Å². The molecular formula is C31H30F8N2O4. The number of unbranched alkanes of at least 4 members (excludes halogenated alkanes) is 2. The van der Waals surface area contributed by atoms with E-state index < -0.39 is 54.4 Å². The zero-order chi connectivity index (χ0) is 33.3. The summed E-state index contributed by atoms with van der Waals surface area (Å²) in [6, 6.07) is 15.2. The van der Waals surface area contributed by atoms with Gasteiger partial charge in [0.2, 0.25) is 0 Å². The van der Waals surface area contributed by atoms with Crippen LogP contribution in [-0.4, -0.2) is 42.4 Å². The zero-order valence-corrected chi connectivity index (χ0v) is 23.7. The van der Waals surface area contributed by atoms with Crippen molar-refractivity contribution in [3.8, 4) is 5.75 Å². The Kier molecular flexibility index (Phi) is 11.8. The lowest BCUT2D eigenvalue weighted by Gasteiger charge is -2.37. The van der Waals surface area contributed by atoms with Crippen LogP contribution >= 0.6 is 0 Å². The number of benzene rings is 3. The van der Waals surface area contributed by atoms with Crippen LogP contribution in [0.15, 0.2) is 72.8 Å². The normalized spacial score (nSPS) is 13.3. The van der Waals surface area contributed by atoms with Gasteiger partial charge in [0.25, 0.3) is 0 Å². The Morgan fingerprint density at radius 3 is 2.16 bits per heavy atom. The number of hydrogen-bond donors (Lipinski definition) is 3. The Hall–Kier alpha value is -4.36. The highest BCUT2D eigenvalue weighted by Gasteiger charge is 2.45. The van der Waals surface area contributed by atoms with Gasteiger partial charge in [-0.1, -0.05) is 61.0 Å². The number of ether oxygens (including phenoxy) is 1. The quantitative estimate of drug-likeness (QED) is 0.117. The molecule has 2 amide bonds. The van der Waals surface area contributed by atoms with Crippen molar-refractivity contribution in [2.45, 2.75) is 62.8 Å². The summed E-state index contributed by atoms with van der Waals surface area (Å²) in [5, 5.41) is 13.0. The number of urea groups is 1. The van der Waals surface area contributed by atoms with Crippen LogP contribution < -0.4 is 15.4 Å². The summed E-state index contributed by atoms with van der Waals surface area (Å²) >= 11 is 0. The van der Waals surface area contributed by atoms with E-state index in [1.165, 1.54) is 6.07 Å². The molecule has 0 radical (unpaired) electrons. The van der Waals surface area contributed by atoms with E-state index in [-0.39, 0.29) is 24.0 Å². The number of nitrogens with one attached hydrogen (secondary N) is 2. The Bertz CT molecular complexity index is 1440. The van der Waals surface area contributed by atoms with Crippen LogP contribution in [0.25, 0.3) is 0 Å². The maximum Gasteiger partial charge on any atom is 0.461 e. The maximum absolute atomic E-state index is 15.0. The van der Waals surface area contributed by atoms with Crippen LogP contribution in [0.4, 0.5) is 39.9 Å². The van der Waals surface area contributed by atoms with Gasteiger partial charge >= 0.3 is 30.7 Å². The van der Waals surface area contributed by atoms with Gasteiger partial charge in [0, 0.05) is 18.9 Å². The Morgan fingerprint density at radius 1 is 0.822 bits per heavy atom. The summed E-state index contributed by atoms with van der Waals surface area (Å²) in [4.78, 5) is 23.8. The van der Waals surface area contributed by atoms with Crippen molar-refractivity contribution < 1.29 is 54.6 Å². The molecule has 3 aromatic rings. The van der Waals surface area contributed by atoms with Gasteiger partial charge in [0.15, 0.2) is 0 Å². The van der Waals surface area contributed by atoms with E-state index in [1.54, 1.807) is 53.8 Å². The van der Waals surface area contributed by atoms with Crippen molar-refractivity contribution in [3.05, 3.63) is 101 Å². The fraction of sp³-hybridized carbons (Fsp3) is 0.355. The first-order chi connectivity index (χ1) is 21.1. The summed E-state index contributed by atoms with van der Waals surface area (Å²) < 4.78 is 112. The maximum atomic E-state index is 15.0. The van der Waals surface area contributed by atoms with Crippen LogP contribution in [-0.2, 0) is 23.2 Å². The number of carbonyl (C=O) groups excluding carboxylic acids is 1. The number of carboxylic acid groups (broad SMARTS) is 1. The largest absolute Gasteiger partial charge is 0.481 e. The van der Waals surface area contributed by atoms with Crippen LogP contribution in [0.1, 0.15) is 47.9 Å². The predicted octanol–water partition coefficient (Wildman–Crippen LogP) is 7.60. The number of carboxylic acids is 1. The average molecular weight is 647 g/mol. The van der Waals surface area contributed by atoms with E-state index >= 15 is 0 Å². The summed E-state index contributed by atoms with van der Waals surface area (Å²) in [6.45, 7) is -1.73. The molecule has 0 fully saturated rings. The van der Waals surface area contributed by atoms with Crippen LogP contribution in [0.5, 0.6) is 5.75 Å². The molecule has 244 valence electrons. The summed E-state index contributed by atoms with van der Waals surface area (Å²) in [7, 11) is 0. The van der Waals surface area contributed by atoms with E-state index in [0.29, 0.717) is 42.9 Å². The number of halogens is 8. The second-order valence-electron chi connectivity index (χ2n) is 10.3. The van der Waals surface area contributed by atoms with E-state index in [1.807, 2.05) is 0 Å². The number of rotatable bonds is 15. The Morgan fingerprint density at radius 2 is 1.51 bits per heavy atom. The fourth-order valence-electron chi connectivity index (χ4n) is 4.72. The van der Waals surface area contributed by atoms with Crippen molar-refractivity contribution in [1.29, 1.82) is 0 Å². The molecule has 0 spiro atoms. The highest BCUT2D eigenvalue weighted by atomic mass is 19.4. The molecular weight excluding hydrogens is 616 g/mol. The van der Waals surface area contributed by atoms with E-state index in [4.69, 9.17) is 5.11 Å². The number of carbonyl (C=O) groups is 2. The molecule has 0 aliphatic rings. The van der Waals surface area contributed by atoms with Gasteiger partial charge in [-0.2, -0.15) is 30.7 Å². The van der Waals surface area contributed by atoms with Crippen LogP contribution in [0.2, 0.25) is 0 Å². The van der Waals surface area contributed by atoms with Gasteiger partial charge in [0.05, 0.1) is 5.54 Å². The number of aryl methyl sites for hydroxylation is 1. The molecule has 14 heteroatoms. The van der Waals surface area contributed by atoms with Gasteiger partial charge in [-0.05, 0) is 53.6 Å². The highest BCUT2D eigenvalue weighted by molar-refractivity contribution is 5.76. The first kappa shape index (κ1) is 35.1. The minimum atomic E-state index is -5.01. The van der Waals surface area contributed by atoms with E-state index in [0.717, 1.165) is 12.1 Å². The number of hydrogen-bond acceptors (Lipinski definition) is 3. The third-order valence-electron chi connectivity index (χ3n) is 6.74. The van der Waals surface area contributed by atoms with Crippen LogP contribution in [0.3, 0.4) is 0 Å². The Labute approximate surface area is 253 Å². The minimum Gasteiger partial charge on any atom is -0.481 e. The van der Waals surface area contributed by atoms with E-state index in [2.05, 4.69) is 10.1 Å². The molecule has 0 saturated heterocycles. The first-order valence-electron chi connectivity index (χ1n) is 13.7. The monoisotopic (exact) mass is 646 g/mol. The van der Waals surface area contributed by atoms with Gasteiger partial charge in [-0.3, -0.25) is 4.79 Å². The van der Waals surface area contributed by atoms with E-state index in [9.17, 15) is 44.7 Å². The molecule has 3 rings (SSSR count). The SMILES string of the molecule is O=C(O)CCCCCc1cccc([C@@](Cc2ccccc2)(NC(=O)NCC(F)(F)F)c2cc(F)cc(OC(F)(F)C(F)F)c2)c1. The van der Waals surface area contributed by atoms with Gasteiger partial charge in [-0.25, -0.2) is 9.18 Å². The van der Waals surface area contributed by atoms with Crippen molar-refractivity contribution in [2.75, 3.05) is 6.54 Å². The van der Waals surface area contributed by atoms with Crippen molar-refractivity contribution >= 4 is 12.0 Å². The molecule has 3 N–H and O–H groups in total. The highest BCUT2D eigenvalue weighted by Crippen LogP contribution is 2.38. The second kappa shape index (κ2) is 15.1. The molecule has 0 unspecified atom stereocenters. The lowest BCUT2D eigenvalue weighted by atomic mass is 9.77. The van der Waals surface area contributed by atoms with Gasteiger partial charge in [0.1, 0.15) is 18.1 Å². The van der Waals surface area contributed by atoms with Gasteiger partial charge < -0.3 is 20.5 Å². The second-order valence-corrected chi connectivity index (χ2v) is 10.3. The molecule has 1 atom stereocenters.